The Bertz CT molecular complexity index is 548. The average Bonchev–Trinajstić information content (AvgIpc) is 2.36. The SMILES string of the molecule is Cc1ccccc1C(CN)Cc1cc(F)cc(Br)c1. The number of benzene rings is 2. The first-order valence-electron chi connectivity index (χ1n) is 6.30. The molecular formula is C16H17BrFN. The van der Waals surface area contributed by atoms with Crippen LogP contribution in [0, 0.1) is 12.7 Å². The molecule has 0 fully saturated rings. The lowest BCUT2D eigenvalue weighted by atomic mass is 9.89. The quantitative estimate of drug-likeness (QED) is 0.898. The summed E-state index contributed by atoms with van der Waals surface area (Å²) in [7, 11) is 0. The number of halogens is 2. The van der Waals surface area contributed by atoms with Crippen LogP contribution in [0.5, 0.6) is 0 Å². The summed E-state index contributed by atoms with van der Waals surface area (Å²) in [4.78, 5) is 0. The van der Waals surface area contributed by atoms with Crippen molar-refractivity contribution in [2.45, 2.75) is 19.3 Å². The van der Waals surface area contributed by atoms with E-state index in [4.69, 9.17) is 5.73 Å². The van der Waals surface area contributed by atoms with Gasteiger partial charge >= 0.3 is 0 Å². The highest BCUT2D eigenvalue weighted by Gasteiger charge is 2.13. The predicted octanol–water partition coefficient (Wildman–Crippen LogP) is 4.18. The number of hydrogen-bond donors (Lipinski definition) is 1. The molecule has 100 valence electrons. The van der Waals surface area contributed by atoms with Gasteiger partial charge in [0.05, 0.1) is 0 Å². The summed E-state index contributed by atoms with van der Waals surface area (Å²) in [6.07, 6.45) is 0.748. The van der Waals surface area contributed by atoms with E-state index in [1.54, 1.807) is 6.07 Å². The van der Waals surface area contributed by atoms with Crippen molar-refractivity contribution in [3.63, 3.8) is 0 Å². The number of nitrogens with two attached hydrogens (primary N) is 1. The highest BCUT2D eigenvalue weighted by atomic mass is 79.9. The molecule has 0 bridgehead atoms. The van der Waals surface area contributed by atoms with E-state index in [9.17, 15) is 4.39 Å². The molecule has 19 heavy (non-hydrogen) atoms. The fourth-order valence-electron chi connectivity index (χ4n) is 2.38. The van der Waals surface area contributed by atoms with Crippen LogP contribution >= 0.6 is 15.9 Å². The number of hydrogen-bond acceptors (Lipinski definition) is 1. The molecule has 0 aromatic heterocycles. The third-order valence-corrected chi connectivity index (χ3v) is 3.78. The van der Waals surface area contributed by atoms with Crippen molar-refractivity contribution in [1.82, 2.24) is 0 Å². The molecule has 0 aliphatic carbocycles. The minimum atomic E-state index is -0.218. The second-order valence-corrected chi connectivity index (χ2v) is 5.69. The molecule has 2 aromatic carbocycles. The molecule has 0 saturated carbocycles. The van der Waals surface area contributed by atoms with E-state index in [0.717, 1.165) is 16.5 Å². The van der Waals surface area contributed by atoms with E-state index >= 15 is 0 Å². The average molecular weight is 322 g/mol. The third-order valence-electron chi connectivity index (χ3n) is 3.32. The van der Waals surface area contributed by atoms with Crippen molar-refractivity contribution in [3.8, 4) is 0 Å². The molecule has 0 heterocycles. The molecule has 0 aliphatic heterocycles. The summed E-state index contributed by atoms with van der Waals surface area (Å²) in [5.74, 6) is -0.000157. The smallest absolute Gasteiger partial charge is 0.124 e. The Morgan fingerprint density at radius 1 is 1.21 bits per heavy atom. The fourth-order valence-corrected chi connectivity index (χ4v) is 2.89. The zero-order valence-corrected chi connectivity index (χ0v) is 12.5. The summed E-state index contributed by atoms with van der Waals surface area (Å²) in [6.45, 7) is 2.64. The topological polar surface area (TPSA) is 26.0 Å². The van der Waals surface area contributed by atoms with Crippen LogP contribution < -0.4 is 5.73 Å². The van der Waals surface area contributed by atoms with Gasteiger partial charge in [0.2, 0.25) is 0 Å². The Balaban J connectivity index is 2.26. The van der Waals surface area contributed by atoms with Gasteiger partial charge < -0.3 is 5.73 Å². The molecule has 0 radical (unpaired) electrons. The standard InChI is InChI=1S/C16H17BrFN/c1-11-4-2-3-5-16(11)13(10-19)6-12-7-14(17)9-15(18)8-12/h2-5,7-9,13H,6,10,19H2,1H3. The molecule has 3 heteroatoms. The lowest BCUT2D eigenvalue weighted by molar-refractivity contribution is 0.619. The van der Waals surface area contributed by atoms with Crippen molar-refractivity contribution in [1.29, 1.82) is 0 Å². The maximum atomic E-state index is 13.4. The molecule has 0 spiro atoms. The first-order valence-corrected chi connectivity index (χ1v) is 7.10. The maximum absolute atomic E-state index is 13.4. The monoisotopic (exact) mass is 321 g/mol. The van der Waals surface area contributed by atoms with Gasteiger partial charge in [0.25, 0.3) is 0 Å². The Morgan fingerprint density at radius 3 is 2.58 bits per heavy atom. The Labute approximate surface area is 121 Å². The predicted molar refractivity (Wildman–Crippen MR) is 80.8 cm³/mol. The Hall–Kier alpha value is -1.19. The summed E-state index contributed by atoms with van der Waals surface area (Å²) < 4.78 is 14.2. The largest absolute Gasteiger partial charge is 0.330 e. The van der Waals surface area contributed by atoms with Crippen LogP contribution in [0.25, 0.3) is 0 Å². The Morgan fingerprint density at radius 2 is 1.95 bits per heavy atom. The summed E-state index contributed by atoms with van der Waals surface area (Å²) >= 11 is 3.32. The van der Waals surface area contributed by atoms with Crippen LogP contribution in [0.1, 0.15) is 22.6 Å². The summed E-state index contributed by atoms with van der Waals surface area (Å²) in [6, 6.07) is 13.2. The molecular weight excluding hydrogens is 305 g/mol. The first kappa shape index (κ1) is 14.2. The van der Waals surface area contributed by atoms with Crippen molar-refractivity contribution in [2.24, 2.45) is 5.73 Å². The van der Waals surface area contributed by atoms with E-state index in [2.05, 4.69) is 35.0 Å². The molecule has 0 aliphatic rings. The van der Waals surface area contributed by atoms with Gasteiger partial charge in [-0.2, -0.15) is 0 Å². The fraction of sp³-hybridized carbons (Fsp3) is 0.250. The van der Waals surface area contributed by atoms with E-state index in [0.29, 0.717) is 6.54 Å². The van der Waals surface area contributed by atoms with Crippen LogP contribution in [-0.2, 0) is 6.42 Å². The maximum Gasteiger partial charge on any atom is 0.124 e. The van der Waals surface area contributed by atoms with Crippen LogP contribution in [0.2, 0.25) is 0 Å². The zero-order chi connectivity index (χ0) is 13.8. The molecule has 2 aromatic rings. The molecule has 1 unspecified atom stereocenters. The third kappa shape index (κ3) is 3.64. The van der Waals surface area contributed by atoms with E-state index in [-0.39, 0.29) is 11.7 Å². The van der Waals surface area contributed by atoms with Crippen LogP contribution in [-0.4, -0.2) is 6.54 Å². The van der Waals surface area contributed by atoms with Crippen molar-refractivity contribution in [2.75, 3.05) is 6.54 Å². The second kappa shape index (κ2) is 6.31. The van der Waals surface area contributed by atoms with Gasteiger partial charge in [-0.15, -0.1) is 0 Å². The highest BCUT2D eigenvalue weighted by Crippen LogP contribution is 2.25. The van der Waals surface area contributed by atoms with Crippen LogP contribution in [0.3, 0.4) is 0 Å². The summed E-state index contributed by atoms with van der Waals surface area (Å²) in [5, 5.41) is 0. The van der Waals surface area contributed by atoms with Crippen LogP contribution in [0.4, 0.5) is 4.39 Å². The Kier molecular flexibility index (Phi) is 4.72. The molecule has 0 saturated heterocycles. The molecule has 0 amide bonds. The van der Waals surface area contributed by atoms with Gasteiger partial charge in [-0.05, 0) is 54.8 Å². The lowest BCUT2D eigenvalue weighted by Crippen LogP contribution is -2.16. The van der Waals surface area contributed by atoms with E-state index in [1.165, 1.54) is 17.2 Å². The molecule has 2 rings (SSSR count). The summed E-state index contributed by atoms with van der Waals surface area (Å²) in [5.41, 5.74) is 9.33. The van der Waals surface area contributed by atoms with Crippen molar-refractivity contribution in [3.05, 3.63) is 69.4 Å². The van der Waals surface area contributed by atoms with Gasteiger partial charge in [-0.1, -0.05) is 40.2 Å². The normalized spacial score (nSPS) is 12.4. The van der Waals surface area contributed by atoms with E-state index < -0.39 is 0 Å². The van der Waals surface area contributed by atoms with Crippen LogP contribution in [0.15, 0.2) is 46.9 Å². The van der Waals surface area contributed by atoms with Crippen molar-refractivity contribution >= 4 is 15.9 Å². The van der Waals surface area contributed by atoms with Crippen molar-refractivity contribution < 1.29 is 4.39 Å². The van der Waals surface area contributed by atoms with Gasteiger partial charge in [-0.3, -0.25) is 0 Å². The number of rotatable bonds is 4. The number of aryl methyl sites for hydroxylation is 1. The van der Waals surface area contributed by atoms with Gasteiger partial charge in [0, 0.05) is 10.4 Å². The van der Waals surface area contributed by atoms with Gasteiger partial charge in [0.1, 0.15) is 5.82 Å². The minimum absolute atomic E-state index is 0.217. The zero-order valence-electron chi connectivity index (χ0n) is 10.9. The second-order valence-electron chi connectivity index (χ2n) is 4.77. The van der Waals surface area contributed by atoms with Gasteiger partial charge in [-0.25, -0.2) is 4.39 Å². The first-order chi connectivity index (χ1) is 9.10. The lowest BCUT2D eigenvalue weighted by Gasteiger charge is -2.18. The van der Waals surface area contributed by atoms with Gasteiger partial charge in [0.15, 0.2) is 0 Å². The molecule has 1 atom stereocenters. The highest BCUT2D eigenvalue weighted by molar-refractivity contribution is 9.10. The van der Waals surface area contributed by atoms with E-state index in [1.807, 2.05) is 18.2 Å². The minimum Gasteiger partial charge on any atom is -0.330 e. The molecule has 1 nitrogen and oxygen atoms in total. The molecule has 2 N–H and O–H groups in total.